The van der Waals surface area contributed by atoms with E-state index in [4.69, 9.17) is 17.0 Å². The van der Waals surface area contributed by atoms with E-state index in [0.29, 0.717) is 18.1 Å². The third-order valence-corrected chi connectivity index (χ3v) is 3.44. The number of benzene rings is 1. The molecule has 0 radical (unpaired) electrons. The minimum Gasteiger partial charge on any atom is -0.490 e. The number of nitrogens with one attached hydrogen (secondary N) is 2. The summed E-state index contributed by atoms with van der Waals surface area (Å²) in [4.78, 5) is 11.8. The van der Waals surface area contributed by atoms with Gasteiger partial charge in [-0.3, -0.25) is 4.79 Å². The molecule has 0 atom stereocenters. The zero-order chi connectivity index (χ0) is 16.9. The van der Waals surface area contributed by atoms with E-state index in [0.717, 1.165) is 24.3 Å². The van der Waals surface area contributed by atoms with Crippen molar-refractivity contribution in [2.24, 2.45) is 0 Å². The van der Waals surface area contributed by atoms with Gasteiger partial charge in [0.15, 0.2) is 5.11 Å². The van der Waals surface area contributed by atoms with Crippen LogP contribution in [0.2, 0.25) is 0 Å². The van der Waals surface area contributed by atoms with Crippen LogP contribution in [0.5, 0.6) is 5.75 Å². The standard InChI is InChI=1S/C18H26N2O2S/c1-3-5-6-7-8-9-17(21)20-18(23)19-15-10-12-16(13-11-15)22-14-4-2/h4,10-13H,2-3,5-9,14H2,1H3,(H2,19,20,21,23). The molecule has 5 heteroatoms. The van der Waals surface area contributed by atoms with Gasteiger partial charge < -0.3 is 15.4 Å². The lowest BCUT2D eigenvalue weighted by atomic mass is 10.1. The molecule has 0 aromatic heterocycles. The molecule has 0 unspecified atom stereocenters. The number of anilines is 1. The molecule has 2 N–H and O–H groups in total. The van der Waals surface area contributed by atoms with Gasteiger partial charge in [0.1, 0.15) is 12.4 Å². The predicted octanol–water partition coefficient (Wildman–Crippen LogP) is 4.42. The SMILES string of the molecule is C=CCOc1ccc(NC(=S)NC(=O)CCCCCCC)cc1. The zero-order valence-electron chi connectivity index (χ0n) is 13.8. The summed E-state index contributed by atoms with van der Waals surface area (Å²) < 4.78 is 5.40. The van der Waals surface area contributed by atoms with Gasteiger partial charge in [-0.1, -0.05) is 45.3 Å². The Morgan fingerprint density at radius 1 is 1.22 bits per heavy atom. The van der Waals surface area contributed by atoms with E-state index in [1.54, 1.807) is 6.08 Å². The van der Waals surface area contributed by atoms with E-state index in [1.165, 1.54) is 19.3 Å². The Labute approximate surface area is 144 Å². The number of unbranched alkanes of at least 4 members (excludes halogenated alkanes) is 4. The number of hydrogen-bond donors (Lipinski definition) is 2. The fourth-order valence-electron chi connectivity index (χ4n) is 2.03. The van der Waals surface area contributed by atoms with Gasteiger partial charge in [0, 0.05) is 12.1 Å². The van der Waals surface area contributed by atoms with Crippen molar-refractivity contribution in [1.29, 1.82) is 0 Å². The fourth-order valence-corrected chi connectivity index (χ4v) is 2.26. The molecule has 1 amide bonds. The number of carbonyl (C=O) groups excluding carboxylic acids is 1. The average molecular weight is 334 g/mol. The molecule has 126 valence electrons. The van der Waals surface area contributed by atoms with Crippen molar-refractivity contribution >= 4 is 28.9 Å². The van der Waals surface area contributed by atoms with E-state index >= 15 is 0 Å². The van der Waals surface area contributed by atoms with E-state index in [-0.39, 0.29) is 5.91 Å². The lowest BCUT2D eigenvalue weighted by Gasteiger charge is -2.10. The molecule has 4 nitrogen and oxygen atoms in total. The molecule has 0 fully saturated rings. The van der Waals surface area contributed by atoms with E-state index in [1.807, 2.05) is 24.3 Å². The van der Waals surface area contributed by atoms with Crippen LogP contribution in [0, 0.1) is 0 Å². The minimum absolute atomic E-state index is 0.0371. The molecule has 0 saturated heterocycles. The van der Waals surface area contributed by atoms with Crippen LogP contribution in [-0.2, 0) is 4.79 Å². The lowest BCUT2D eigenvalue weighted by molar-refractivity contribution is -0.119. The predicted molar refractivity (Wildman–Crippen MR) is 99.9 cm³/mol. The quantitative estimate of drug-likeness (QED) is 0.378. The first-order chi connectivity index (χ1) is 11.2. The molecule has 1 aromatic rings. The fraction of sp³-hybridized carbons (Fsp3) is 0.444. The number of amides is 1. The first-order valence-electron chi connectivity index (χ1n) is 8.10. The second-order valence-corrected chi connectivity index (χ2v) is 5.70. The summed E-state index contributed by atoms with van der Waals surface area (Å²) in [5.41, 5.74) is 0.809. The Kier molecular flexibility index (Phi) is 9.71. The lowest BCUT2D eigenvalue weighted by Crippen LogP contribution is -2.33. The van der Waals surface area contributed by atoms with E-state index < -0.39 is 0 Å². The van der Waals surface area contributed by atoms with Crippen LogP contribution in [0.1, 0.15) is 45.4 Å². The molecule has 23 heavy (non-hydrogen) atoms. The summed E-state index contributed by atoms with van der Waals surface area (Å²) >= 11 is 5.15. The Morgan fingerprint density at radius 3 is 2.57 bits per heavy atom. The van der Waals surface area contributed by atoms with Crippen LogP contribution in [0.25, 0.3) is 0 Å². The van der Waals surface area contributed by atoms with Crippen molar-refractivity contribution in [2.45, 2.75) is 45.4 Å². The van der Waals surface area contributed by atoms with Gasteiger partial charge >= 0.3 is 0 Å². The summed E-state index contributed by atoms with van der Waals surface area (Å²) in [6.45, 7) is 6.25. The maximum atomic E-state index is 11.8. The van der Waals surface area contributed by atoms with Crippen molar-refractivity contribution in [3.05, 3.63) is 36.9 Å². The number of carbonyl (C=O) groups is 1. The molecule has 0 aliphatic carbocycles. The summed E-state index contributed by atoms with van der Waals surface area (Å²) in [5, 5.41) is 6.02. The van der Waals surface area contributed by atoms with Gasteiger partial charge in [-0.2, -0.15) is 0 Å². The van der Waals surface area contributed by atoms with Crippen LogP contribution < -0.4 is 15.4 Å². The van der Waals surface area contributed by atoms with Crippen LogP contribution in [0.4, 0.5) is 5.69 Å². The highest BCUT2D eigenvalue weighted by atomic mass is 32.1. The molecule has 0 aliphatic heterocycles. The molecule has 0 aliphatic rings. The second kappa shape index (κ2) is 11.7. The number of ether oxygens (including phenoxy) is 1. The summed E-state index contributed by atoms with van der Waals surface area (Å²) in [7, 11) is 0. The molecule has 0 heterocycles. The summed E-state index contributed by atoms with van der Waals surface area (Å²) in [6.07, 6.45) is 7.83. The third kappa shape index (κ3) is 8.98. The van der Waals surface area contributed by atoms with Gasteiger partial charge in [0.25, 0.3) is 0 Å². The van der Waals surface area contributed by atoms with Gasteiger partial charge in [0.05, 0.1) is 0 Å². The Bertz CT molecular complexity index is 500. The van der Waals surface area contributed by atoms with E-state index in [2.05, 4.69) is 24.1 Å². The Morgan fingerprint density at radius 2 is 1.91 bits per heavy atom. The van der Waals surface area contributed by atoms with Crippen molar-refractivity contribution in [1.82, 2.24) is 5.32 Å². The maximum absolute atomic E-state index is 11.8. The van der Waals surface area contributed by atoms with E-state index in [9.17, 15) is 4.79 Å². The largest absolute Gasteiger partial charge is 0.490 e. The highest BCUT2D eigenvalue weighted by Gasteiger charge is 2.05. The normalized spacial score (nSPS) is 9.96. The Hall–Kier alpha value is -1.88. The van der Waals surface area contributed by atoms with Crippen molar-refractivity contribution < 1.29 is 9.53 Å². The molecule has 0 bridgehead atoms. The first-order valence-corrected chi connectivity index (χ1v) is 8.51. The monoisotopic (exact) mass is 334 g/mol. The maximum Gasteiger partial charge on any atom is 0.226 e. The summed E-state index contributed by atoms with van der Waals surface area (Å²) in [5.74, 6) is 0.724. The minimum atomic E-state index is -0.0371. The van der Waals surface area contributed by atoms with Crippen LogP contribution in [-0.4, -0.2) is 17.6 Å². The van der Waals surface area contributed by atoms with Crippen molar-refractivity contribution in [3.63, 3.8) is 0 Å². The van der Waals surface area contributed by atoms with Gasteiger partial charge in [-0.05, 0) is 42.9 Å². The van der Waals surface area contributed by atoms with Crippen molar-refractivity contribution in [3.8, 4) is 5.75 Å². The molecule has 1 rings (SSSR count). The average Bonchev–Trinajstić information content (AvgIpc) is 2.54. The second-order valence-electron chi connectivity index (χ2n) is 5.29. The topological polar surface area (TPSA) is 50.4 Å². The first kappa shape index (κ1) is 19.2. The van der Waals surface area contributed by atoms with Crippen LogP contribution in [0.15, 0.2) is 36.9 Å². The highest BCUT2D eigenvalue weighted by Crippen LogP contribution is 2.15. The van der Waals surface area contributed by atoms with Gasteiger partial charge in [0.2, 0.25) is 5.91 Å². The molecule has 1 aromatic carbocycles. The molecular weight excluding hydrogens is 308 g/mol. The number of thiocarbonyl (C=S) groups is 1. The summed E-state index contributed by atoms with van der Waals surface area (Å²) in [6, 6.07) is 7.37. The smallest absolute Gasteiger partial charge is 0.226 e. The highest BCUT2D eigenvalue weighted by molar-refractivity contribution is 7.80. The zero-order valence-corrected chi connectivity index (χ0v) is 14.6. The number of rotatable bonds is 10. The molecule has 0 saturated carbocycles. The third-order valence-electron chi connectivity index (χ3n) is 3.24. The molecule has 0 spiro atoms. The number of hydrogen-bond acceptors (Lipinski definition) is 3. The van der Waals surface area contributed by atoms with Crippen molar-refractivity contribution in [2.75, 3.05) is 11.9 Å². The molecular formula is C18H26N2O2S. The van der Waals surface area contributed by atoms with Gasteiger partial charge in [-0.15, -0.1) is 0 Å². The van der Waals surface area contributed by atoms with Gasteiger partial charge in [-0.25, -0.2) is 0 Å². The van der Waals surface area contributed by atoms with Crippen LogP contribution in [0.3, 0.4) is 0 Å². The van der Waals surface area contributed by atoms with Crippen LogP contribution >= 0.6 is 12.2 Å². The Balaban J connectivity index is 2.27.